The van der Waals surface area contributed by atoms with Crippen LogP contribution in [0.15, 0.2) is 23.7 Å². The van der Waals surface area contributed by atoms with Crippen molar-refractivity contribution in [1.29, 1.82) is 0 Å². The van der Waals surface area contributed by atoms with Gasteiger partial charge in [0, 0.05) is 23.5 Å². The highest BCUT2D eigenvalue weighted by atomic mass is 35.5. The first-order valence-corrected chi connectivity index (χ1v) is 8.53. The van der Waals surface area contributed by atoms with Crippen molar-refractivity contribution in [1.82, 2.24) is 5.32 Å². The van der Waals surface area contributed by atoms with Gasteiger partial charge in [-0.05, 0) is 56.9 Å². The summed E-state index contributed by atoms with van der Waals surface area (Å²) < 4.78 is 12.2. The molecular weight excluding hydrogens is 348 g/mol. The van der Waals surface area contributed by atoms with Gasteiger partial charge in [-0.1, -0.05) is 29.3 Å². The van der Waals surface area contributed by atoms with Crippen molar-refractivity contribution in [3.63, 3.8) is 0 Å². The molecule has 0 unspecified atom stereocenters. The Kier molecular flexibility index (Phi) is 5.70. The second-order valence-corrected chi connectivity index (χ2v) is 7.73. The van der Waals surface area contributed by atoms with E-state index >= 15 is 0 Å². The number of hydrogen-bond acceptors (Lipinski definition) is 3. The number of rotatable bonds is 4. The van der Waals surface area contributed by atoms with Gasteiger partial charge in [0.05, 0.1) is 11.2 Å². The predicted molar refractivity (Wildman–Crippen MR) is 99.2 cm³/mol. The van der Waals surface area contributed by atoms with E-state index < -0.39 is 18.3 Å². The molecule has 0 radical (unpaired) electrons. The Labute approximate surface area is 153 Å². The molecule has 0 atom stereocenters. The monoisotopic (exact) mass is 369 g/mol. The molecule has 130 valence electrons. The molecule has 0 saturated carbocycles. The molecule has 1 fully saturated rings. The van der Waals surface area contributed by atoms with E-state index in [0.29, 0.717) is 16.6 Å². The van der Waals surface area contributed by atoms with Gasteiger partial charge in [0.1, 0.15) is 0 Å². The molecule has 2 rings (SSSR count). The summed E-state index contributed by atoms with van der Waals surface area (Å²) in [5.41, 5.74) is 0.586. The Balaban J connectivity index is 2.37. The number of halogens is 2. The Bertz CT molecular complexity index is 658. The largest absolute Gasteiger partial charge is 0.492 e. The minimum Gasteiger partial charge on any atom is -0.400 e. The van der Waals surface area contributed by atoms with Crippen molar-refractivity contribution in [2.75, 3.05) is 6.54 Å². The molecule has 1 saturated heterocycles. The van der Waals surface area contributed by atoms with E-state index in [1.807, 2.05) is 33.8 Å². The molecule has 1 aromatic rings. The Morgan fingerprint density at radius 1 is 1.21 bits per heavy atom. The molecule has 4 nitrogen and oxygen atoms in total. The highest BCUT2D eigenvalue weighted by molar-refractivity contribution is 6.56. The third kappa shape index (κ3) is 4.34. The van der Waals surface area contributed by atoms with E-state index in [4.69, 9.17) is 32.5 Å². The van der Waals surface area contributed by atoms with E-state index in [1.165, 1.54) is 6.92 Å². The standard InChI is InChI=1S/C17H22BCl2NO3/c1-11(22)21-10-13(8-12-9-14(19)6-7-15(12)20)18-23-16(2,3)17(4,5)24-18/h6-9H,10H2,1-5H3,(H,21,22). The van der Waals surface area contributed by atoms with Gasteiger partial charge in [-0.3, -0.25) is 4.79 Å². The lowest BCUT2D eigenvalue weighted by molar-refractivity contribution is -0.118. The van der Waals surface area contributed by atoms with Crippen LogP contribution >= 0.6 is 23.2 Å². The number of carbonyl (C=O) groups is 1. The maximum Gasteiger partial charge on any atom is 0.492 e. The molecular formula is C17H22BCl2NO3. The van der Waals surface area contributed by atoms with Crippen molar-refractivity contribution in [3.05, 3.63) is 39.3 Å². The number of hydrogen-bond donors (Lipinski definition) is 1. The van der Waals surface area contributed by atoms with Gasteiger partial charge in [0.25, 0.3) is 0 Å². The number of amides is 1. The first-order chi connectivity index (χ1) is 11.0. The third-order valence-corrected chi connectivity index (χ3v) is 4.98. The van der Waals surface area contributed by atoms with Gasteiger partial charge >= 0.3 is 7.12 Å². The zero-order chi connectivity index (χ0) is 18.1. The van der Waals surface area contributed by atoms with Gasteiger partial charge in [-0.15, -0.1) is 0 Å². The van der Waals surface area contributed by atoms with Crippen LogP contribution in [-0.2, 0) is 14.1 Å². The highest BCUT2D eigenvalue weighted by Crippen LogP contribution is 2.39. The summed E-state index contributed by atoms with van der Waals surface area (Å²) in [5, 5.41) is 3.94. The van der Waals surface area contributed by atoms with Crippen molar-refractivity contribution in [3.8, 4) is 0 Å². The SMILES string of the molecule is CC(=O)NCC(=Cc1cc(Cl)ccc1Cl)B1OC(C)(C)C(C)(C)O1. The normalized spacial score (nSPS) is 19.5. The summed E-state index contributed by atoms with van der Waals surface area (Å²) in [6, 6.07) is 5.22. The zero-order valence-electron chi connectivity index (χ0n) is 14.6. The Morgan fingerprint density at radius 3 is 2.33 bits per heavy atom. The zero-order valence-corrected chi connectivity index (χ0v) is 16.1. The fourth-order valence-electron chi connectivity index (χ4n) is 2.25. The number of carbonyl (C=O) groups excluding carboxylic acids is 1. The Morgan fingerprint density at radius 2 is 1.79 bits per heavy atom. The summed E-state index contributed by atoms with van der Waals surface area (Å²) in [7, 11) is -0.572. The maximum atomic E-state index is 11.3. The van der Waals surface area contributed by atoms with Crippen LogP contribution in [0.4, 0.5) is 0 Å². The van der Waals surface area contributed by atoms with Gasteiger partial charge in [0.2, 0.25) is 5.91 Å². The number of benzene rings is 1. The molecule has 1 N–H and O–H groups in total. The smallest absolute Gasteiger partial charge is 0.400 e. The fourth-order valence-corrected chi connectivity index (χ4v) is 2.60. The molecule has 24 heavy (non-hydrogen) atoms. The van der Waals surface area contributed by atoms with E-state index in [9.17, 15) is 4.79 Å². The van der Waals surface area contributed by atoms with Gasteiger partial charge in [0.15, 0.2) is 0 Å². The molecule has 7 heteroatoms. The predicted octanol–water partition coefficient (Wildman–Crippen LogP) is 4.14. The van der Waals surface area contributed by atoms with Crippen molar-refractivity contribution < 1.29 is 14.1 Å². The van der Waals surface area contributed by atoms with Crippen LogP contribution in [0.1, 0.15) is 40.2 Å². The third-order valence-electron chi connectivity index (χ3n) is 4.40. The van der Waals surface area contributed by atoms with Gasteiger partial charge in [-0.2, -0.15) is 0 Å². The molecule has 1 amide bonds. The van der Waals surface area contributed by atoms with Crippen molar-refractivity contribution >= 4 is 42.3 Å². The molecule has 1 aliphatic rings. The lowest BCUT2D eigenvalue weighted by Gasteiger charge is -2.32. The molecule has 1 aliphatic heterocycles. The molecule has 0 spiro atoms. The lowest BCUT2D eigenvalue weighted by Crippen LogP contribution is -2.41. The average Bonchev–Trinajstić information content (AvgIpc) is 2.66. The van der Waals surface area contributed by atoms with Crippen LogP contribution in [0.3, 0.4) is 0 Å². The minimum atomic E-state index is -0.572. The van der Waals surface area contributed by atoms with E-state index in [2.05, 4.69) is 5.32 Å². The minimum absolute atomic E-state index is 0.130. The van der Waals surface area contributed by atoms with Crippen molar-refractivity contribution in [2.45, 2.75) is 45.8 Å². The second kappa shape index (κ2) is 7.08. The summed E-state index contributed by atoms with van der Waals surface area (Å²) in [6.45, 7) is 9.69. The van der Waals surface area contributed by atoms with Crippen LogP contribution in [0.5, 0.6) is 0 Å². The quantitative estimate of drug-likeness (QED) is 0.811. The molecule has 1 heterocycles. The first-order valence-electron chi connectivity index (χ1n) is 7.77. The number of nitrogens with one attached hydrogen (secondary N) is 1. The van der Waals surface area contributed by atoms with Crippen LogP contribution in [-0.4, -0.2) is 30.8 Å². The molecule has 0 aliphatic carbocycles. The maximum absolute atomic E-state index is 11.3. The molecule has 1 aromatic carbocycles. The van der Waals surface area contributed by atoms with Gasteiger partial charge in [-0.25, -0.2) is 0 Å². The summed E-state index contributed by atoms with van der Waals surface area (Å²) in [4.78, 5) is 11.3. The summed E-state index contributed by atoms with van der Waals surface area (Å²) >= 11 is 12.3. The fraction of sp³-hybridized carbons (Fsp3) is 0.471. The topological polar surface area (TPSA) is 47.6 Å². The van der Waals surface area contributed by atoms with E-state index in [1.54, 1.807) is 18.2 Å². The molecule has 0 aromatic heterocycles. The summed E-state index contributed by atoms with van der Waals surface area (Å²) in [6.07, 6.45) is 1.85. The van der Waals surface area contributed by atoms with Gasteiger partial charge < -0.3 is 14.6 Å². The van der Waals surface area contributed by atoms with E-state index in [-0.39, 0.29) is 5.91 Å². The van der Waals surface area contributed by atoms with E-state index in [0.717, 1.165) is 11.0 Å². The first kappa shape index (κ1) is 19.3. The van der Waals surface area contributed by atoms with Crippen LogP contribution in [0.2, 0.25) is 10.0 Å². The summed E-state index contributed by atoms with van der Waals surface area (Å²) in [5.74, 6) is -0.130. The van der Waals surface area contributed by atoms with Crippen LogP contribution < -0.4 is 5.32 Å². The molecule has 0 bridgehead atoms. The average molecular weight is 370 g/mol. The lowest BCUT2D eigenvalue weighted by atomic mass is 9.77. The van der Waals surface area contributed by atoms with Crippen molar-refractivity contribution in [2.24, 2.45) is 0 Å². The van der Waals surface area contributed by atoms with Crippen LogP contribution in [0, 0.1) is 0 Å². The second-order valence-electron chi connectivity index (χ2n) is 6.88. The Hall–Kier alpha value is -1.01. The van der Waals surface area contributed by atoms with Crippen LogP contribution in [0.25, 0.3) is 6.08 Å². The highest BCUT2D eigenvalue weighted by Gasteiger charge is 2.52.